The highest BCUT2D eigenvalue weighted by atomic mass is 16.5. The Bertz CT molecular complexity index is 610. The van der Waals surface area contributed by atoms with E-state index in [1.807, 2.05) is 12.1 Å². The van der Waals surface area contributed by atoms with Crippen LogP contribution in [0.2, 0.25) is 0 Å². The number of hydrogen-bond acceptors (Lipinski definition) is 5. The predicted molar refractivity (Wildman–Crippen MR) is 70.6 cm³/mol. The molecule has 0 saturated heterocycles. The van der Waals surface area contributed by atoms with Gasteiger partial charge in [-0.2, -0.15) is 0 Å². The first kappa shape index (κ1) is 13.1. The van der Waals surface area contributed by atoms with E-state index in [0.29, 0.717) is 17.2 Å². The molecule has 0 N–H and O–H groups in total. The van der Waals surface area contributed by atoms with Crippen molar-refractivity contribution in [2.75, 3.05) is 21.3 Å². The summed E-state index contributed by atoms with van der Waals surface area (Å²) in [4.78, 5) is 15.6. The standard InChI is InChI=1S/C14H15NO4/c1-17-12-5-4-9-10(14(12)19-3)6-7-15-11(9)8-13(16)18-2/h4-7H,8H2,1-3H3. The predicted octanol–water partition coefficient (Wildman–Crippen LogP) is 1.97. The molecule has 2 rings (SSSR count). The van der Waals surface area contributed by atoms with Gasteiger partial charge in [-0.25, -0.2) is 0 Å². The Labute approximate surface area is 111 Å². The van der Waals surface area contributed by atoms with Gasteiger partial charge in [0.25, 0.3) is 0 Å². The highest BCUT2D eigenvalue weighted by Crippen LogP contribution is 2.36. The topological polar surface area (TPSA) is 57.7 Å². The van der Waals surface area contributed by atoms with Gasteiger partial charge in [-0.3, -0.25) is 9.78 Å². The van der Waals surface area contributed by atoms with Crippen LogP contribution in [0.3, 0.4) is 0 Å². The van der Waals surface area contributed by atoms with E-state index in [-0.39, 0.29) is 12.4 Å². The lowest BCUT2D eigenvalue weighted by atomic mass is 10.1. The third-order valence-electron chi connectivity index (χ3n) is 2.91. The molecule has 1 aromatic heterocycles. The SMILES string of the molecule is COC(=O)Cc1nccc2c(OC)c(OC)ccc12. The maximum absolute atomic E-state index is 11.4. The van der Waals surface area contributed by atoms with Crippen LogP contribution >= 0.6 is 0 Å². The number of nitrogens with zero attached hydrogens (tertiary/aromatic N) is 1. The number of hydrogen-bond donors (Lipinski definition) is 0. The molecule has 0 aliphatic carbocycles. The second-order valence-corrected chi connectivity index (χ2v) is 3.91. The van der Waals surface area contributed by atoms with Crippen molar-refractivity contribution >= 4 is 16.7 Å². The zero-order valence-corrected chi connectivity index (χ0v) is 11.1. The Balaban J connectivity index is 2.60. The summed E-state index contributed by atoms with van der Waals surface area (Å²) in [6.45, 7) is 0. The number of pyridine rings is 1. The summed E-state index contributed by atoms with van der Waals surface area (Å²) in [5.74, 6) is 0.952. The molecule has 0 aliphatic rings. The third-order valence-corrected chi connectivity index (χ3v) is 2.91. The molecule has 0 spiro atoms. The number of carbonyl (C=O) groups excluding carboxylic acids is 1. The number of ether oxygens (including phenoxy) is 3. The number of fused-ring (bicyclic) bond motifs is 1. The van der Waals surface area contributed by atoms with E-state index in [0.717, 1.165) is 10.8 Å². The van der Waals surface area contributed by atoms with Crippen LogP contribution in [-0.2, 0) is 16.0 Å². The van der Waals surface area contributed by atoms with Gasteiger partial charge in [0.1, 0.15) is 0 Å². The van der Waals surface area contributed by atoms with Gasteiger partial charge in [0.05, 0.1) is 33.4 Å². The zero-order valence-electron chi connectivity index (χ0n) is 11.1. The molecule has 0 radical (unpaired) electrons. The van der Waals surface area contributed by atoms with Crippen LogP contribution < -0.4 is 9.47 Å². The van der Waals surface area contributed by atoms with E-state index in [1.54, 1.807) is 26.5 Å². The first-order chi connectivity index (χ1) is 9.21. The highest BCUT2D eigenvalue weighted by molar-refractivity contribution is 5.93. The molecule has 0 atom stereocenters. The van der Waals surface area contributed by atoms with Gasteiger partial charge >= 0.3 is 5.97 Å². The van der Waals surface area contributed by atoms with Gasteiger partial charge in [0, 0.05) is 17.0 Å². The van der Waals surface area contributed by atoms with Crippen LogP contribution in [-0.4, -0.2) is 32.3 Å². The van der Waals surface area contributed by atoms with E-state index >= 15 is 0 Å². The van der Waals surface area contributed by atoms with E-state index in [9.17, 15) is 4.79 Å². The monoisotopic (exact) mass is 261 g/mol. The molecule has 100 valence electrons. The molecule has 2 aromatic rings. The molecule has 1 heterocycles. The number of methoxy groups -OCH3 is 3. The van der Waals surface area contributed by atoms with Crippen molar-refractivity contribution in [1.29, 1.82) is 0 Å². The minimum absolute atomic E-state index is 0.128. The van der Waals surface area contributed by atoms with Crippen molar-refractivity contribution in [2.24, 2.45) is 0 Å². The highest BCUT2D eigenvalue weighted by Gasteiger charge is 2.14. The summed E-state index contributed by atoms with van der Waals surface area (Å²) in [5, 5.41) is 1.71. The van der Waals surface area contributed by atoms with E-state index < -0.39 is 0 Å². The number of carbonyl (C=O) groups is 1. The smallest absolute Gasteiger partial charge is 0.311 e. The van der Waals surface area contributed by atoms with Gasteiger partial charge in [-0.1, -0.05) is 0 Å². The van der Waals surface area contributed by atoms with Crippen molar-refractivity contribution in [2.45, 2.75) is 6.42 Å². The number of esters is 1. The fourth-order valence-electron chi connectivity index (χ4n) is 1.99. The zero-order chi connectivity index (χ0) is 13.8. The average molecular weight is 261 g/mol. The molecule has 5 heteroatoms. The molecule has 0 saturated carbocycles. The van der Waals surface area contributed by atoms with Crippen LogP contribution in [0.1, 0.15) is 5.69 Å². The second-order valence-electron chi connectivity index (χ2n) is 3.91. The first-order valence-electron chi connectivity index (χ1n) is 5.76. The Hall–Kier alpha value is -2.30. The lowest BCUT2D eigenvalue weighted by Crippen LogP contribution is -2.06. The van der Waals surface area contributed by atoms with Crippen molar-refractivity contribution in [3.05, 3.63) is 30.1 Å². The summed E-state index contributed by atoms with van der Waals surface area (Å²) < 4.78 is 15.3. The van der Waals surface area contributed by atoms with Crippen molar-refractivity contribution < 1.29 is 19.0 Å². The number of rotatable bonds is 4. The minimum atomic E-state index is -0.324. The van der Waals surface area contributed by atoms with Gasteiger partial charge in [0.2, 0.25) is 0 Å². The maximum Gasteiger partial charge on any atom is 0.311 e. The second kappa shape index (κ2) is 5.56. The Morgan fingerprint density at radius 3 is 2.53 bits per heavy atom. The summed E-state index contributed by atoms with van der Waals surface area (Å²) in [6, 6.07) is 5.49. The quantitative estimate of drug-likeness (QED) is 0.787. The van der Waals surface area contributed by atoms with Crippen LogP contribution in [0.15, 0.2) is 24.4 Å². The fraction of sp³-hybridized carbons (Fsp3) is 0.286. The largest absolute Gasteiger partial charge is 0.493 e. The Morgan fingerprint density at radius 2 is 1.89 bits per heavy atom. The average Bonchev–Trinajstić information content (AvgIpc) is 2.45. The lowest BCUT2D eigenvalue weighted by Gasteiger charge is -2.12. The van der Waals surface area contributed by atoms with Crippen molar-refractivity contribution in [3.8, 4) is 11.5 Å². The summed E-state index contributed by atoms with van der Waals surface area (Å²) in [6.07, 6.45) is 1.77. The third kappa shape index (κ3) is 2.45. The molecule has 19 heavy (non-hydrogen) atoms. The number of aromatic nitrogens is 1. The summed E-state index contributed by atoms with van der Waals surface area (Å²) >= 11 is 0. The summed E-state index contributed by atoms with van der Waals surface area (Å²) in [5.41, 5.74) is 0.658. The van der Waals surface area contributed by atoms with Gasteiger partial charge in [-0.05, 0) is 18.2 Å². The Kier molecular flexibility index (Phi) is 3.85. The number of benzene rings is 1. The van der Waals surface area contributed by atoms with E-state index in [4.69, 9.17) is 9.47 Å². The molecule has 5 nitrogen and oxygen atoms in total. The molecule has 0 amide bonds. The van der Waals surface area contributed by atoms with E-state index in [1.165, 1.54) is 7.11 Å². The summed E-state index contributed by atoms with van der Waals surface area (Å²) in [7, 11) is 4.52. The normalized spacial score (nSPS) is 10.3. The van der Waals surface area contributed by atoms with Crippen molar-refractivity contribution in [1.82, 2.24) is 4.98 Å². The van der Waals surface area contributed by atoms with E-state index in [2.05, 4.69) is 9.72 Å². The molecule has 0 aliphatic heterocycles. The minimum Gasteiger partial charge on any atom is -0.493 e. The van der Waals surface area contributed by atoms with Crippen molar-refractivity contribution in [3.63, 3.8) is 0 Å². The molecule has 0 bridgehead atoms. The molecule has 0 unspecified atom stereocenters. The molecular formula is C14H15NO4. The van der Waals surface area contributed by atoms with Crippen LogP contribution in [0, 0.1) is 0 Å². The van der Waals surface area contributed by atoms with Crippen LogP contribution in [0.5, 0.6) is 11.5 Å². The Morgan fingerprint density at radius 1 is 1.11 bits per heavy atom. The van der Waals surface area contributed by atoms with Crippen LogP contribution in [0.4, 0.5) is 0 Å². The lowest BCUT2D eigenvalue weighted by molar-refractivity contribution is -0.139. The first-order valence-corrected chi connectivity index (χ1v) is 5.76. The molecular weight excluding hydrogens is 246 g/mol. The van der Waals surface area contributed by atoms with Gasteiger partial charge in [-0.15, -0.1) is 0 Å². The van der Waals surface area contributed by atoms with Gasteiger partial charge in [0.15, 0.2) is 11.5 Å². The molecule has 1 aromatic carbocycles. The fourth-order valence-corrected chi connectivity index (χ4v) is 1.99. The van der Waals surface area contributed by atoms with Gasteiger partial charge < -0.3 is 14.2 Å². The maximum atomic E-state index is 11.4. The molecule has 0 fully saturated rings. The van der Waals surface area contributed by atoms with Crippen LogP contribution in [0.25, 0.3) is 10.8 Å².